The Morgan fingerprint density at radius 1 is 1.16 bits per heavy atom. The third-order valence-electron chi connectivity index (χ3n) is 2.60. The molecule has 0 bridgehead atoms. The molecule has 2 aromatic carbocycles. The van der Waals surface area contributed by atoms with Gasteiger partial charge in [0.15, 0.2) is 6.61 Å². The van der Waals surface area contributed by atoms with E-state index in [2.05, 4.69) is 27.3 Å². The summed E-state index contributed by atoms with van der Waals surface area (Å²) in [6.07, 6.45) is 0. The van der Waals surface area contributed by atoms with E-state index in [-0.39, 0.29) is 6.61 Å². The van der Waals surface area contributed by atoms with E-state index in [0.717, 1.165) is 14.7 Å². The molecule has 0 unspecified atom stereocenters. The van der Waals surface area contributed by atoms with Crippen molar-refractivity contribution in [3.8, 4) is 16.9 Å². The number of hydrogen-bond acceptors (Lipinski definition) is 3. The SMILES string of the molecule is COC(=O)COc1cc(I)ccc1-c1ccccc1. The zero-order valence-electron chi connectivity index (χ0n) is 10.4. The summed E-state index contributed by atoms with van der Waals surface area (Å²) in [7, 11) is 1.35. The Balaban J connectivity index is 2.31. The molecule has 0 aliphatic heterocycles. The van der Waals surface area contributed by atoms with Gasteiger partial charge in [-0.3, -0.25) is 0 Å². The Morgan fingerprint density at radius 3 is 2.58 bits per heavy atom. The van der Waals surface area contributed by atoms with Crippen molar-refractivity contribution in [2.24, 2.45) is 0 Å². The van der Waals surface area contributed by atoms with Gasteiger partial charge in [0.2, 0.25) is 0 Å². The average molecular weight is 368 g/mol. The summed E-state index contributed by atoms with van der Waals surface area (Å²) in [4.78, 5) is 11.2. The molecule has 4 heteroatoms. The number of rotatable bonds is 4. The molecule has 19 heavy (non-hydrogen) atoms. The van der Waals surface area contributed by atoms with Gasteiger partial charge in [-0.25, -0.2) is 4.79 Å². The molecule has 3 nitrogen and oxygen atoms in total. The number of halogens is 1. The van der Waals surface area contributed by atoms with Crippen LogP contribution in [-0.2, 0) is 9.53 Å². The molecule has 0 aliphatic carbocycles. The summed E-state index contributed by atoms with van der Waals surface area (Å²) in [5, 5.41) is 0. The van der Waals surface area contributed by atoms with Crippen LogP contribution in [0, 0.1) is 3.57 Å². The number of carbonyl (C=O) groups excluding carboxylic acids is 1. The van der Waals surface area contributed by atoms with Gasteiger partial charge in [-0.15, -0.1) is 0 Å². The largest absolute Gasteiger partial charge is 0.481 e. The van der Waals surface area contributed by atoms with E-state index in [0.29, 0.717) is 5.75 Å². The number of carbonyl (C=O) groups is 1. The van der Waals surface area contributed by atoms with Gasteiger partial charge in [-0.2, -0.15) is 0 Å². The van der Waals surface area contributed by atoms with Crippen LogP contribution in [-0.4, -0.2) is 19.7 Å². The molecule has 0 saturated heterocycles. The van der Waals surface area contributed by atoms with Crippen LogP contribution >= 0.6 is 22.6 Å². The lowest BCUT2D eigenvalue weighted by Gasteiger charge is -2.11. The van der Waals surface area contributed by atoms with Gasteiger partial charge in [0.25, 0.3) is 0 Å². The fourth-order valence-corrected chi connectivity index (χ4v) is 2.13. The fourth-order valence-electron chi connectivity index (χ4n) is 1.67. The number of methoxy groups -OCH3 is 1. The Bertz CT molecular complexity index is 567. The first-order valence-corrected chi connectivity index (χ1v) is 6.83. The van der Waals surface area contributed by atoms with Gasteiger partial charge < -0.3 is 9.47 Å². The first-order valence-electron chi connectivity index (χ1n) is 5.75. The minimum absolute atomic E-state index is 0.0869. The molecule has 2 rings (SSSR count). The van der Waals surface area contributed by atoms with Crippen LogP contribution in [0.25, 0.3) is 11.1 Å². The van der Waals surface area contributed by atoms with Crippen molar-refractivity contribution in [1.82, 2.24) is 0 Å². The zero-order valence-corrected chi connectivity index (χ0v) is 12.6. The zero-order chi connectivity index (χ0) is 13.7. The van der Waals surface area contributed by atoms with E-state index in [1.165, 1.54) is 7.11 Å². The maximum Gasteiger partial charge on any atom is 0.343 e. The second kappa shape index (κ2) is 6.56. The summed E-state index contributed by atoms with van der Waals surface area (Å²) >= 11 is 2.21. The smallest absolute Gasteiger partial charge is 0.343 e. The molecule has 0 radical (unpaired) electrons. The molecule has 98 valence electrons. The summed E-state index contributed by atoms with van der Waals surface area (Å²) < 4.78 is 11.2. The van der Waals surface area contributed by atoms with Crippen LogP contribution < -0.4 is 4.74 Å². The van der Waals surface area contributed by atoms with Gasteiger partial charge in [-0.1, -0.05) is 30.3 Å². The van der Waals surface area contributed by atoms with Crippen LogP contribution in [0.15, 0.2) is 48.5 Å². The van der Waals surface area contributed by atoms with Crippen molar-refractivity contribution in [3.63, 3.8) is 0 Å². The second-order valence-electron chi connectivity index (χ2n) is 3.87. The van der Waals surface area contributed by atoms with Crippen molar-refractivity contribution in [2.45, 2.75) is 0 Å². The summed E-state index contributed by atoms with van der Waals surface area (Å²) in [6, 6.07) is 15.8. The predicted molar refractivity (Wildman–Crippen MR) is 82.1 cm³/mol. The molecule has 0 fully saturated rings. The molecule has 0 aromatic heterocycles. The topological polar surface area (TPSA) is 35.5 Å². The van der Waals surface area contributed by atoms with Crippen molar-refractivity contribution in [1.29, 1.82) is 0 Å². The molecular weight excluding hydrogens is 355 g/mol. The van der Waals surface area contributed by atoms with E-state index in [9.17, 15) is 4.79 Å². The van der Waals surface area contributed by atoms with Gasteiger partial charge in [0, 0.05) is 9.13 Å². The Morgan fingerprint density at radius 2 is 1.89 bits per heavy atom. The predicted octanol–water partition coefficient (Wildman–Crippen LogP) is 3.51. The van der Waals surface area contributed by atoms with E-state index < -0.39 is 5.97 Å². The van der Waals surface area contributed by atoms with Crippen molar-refractivity contribution in [3.05, 3.63) is 52.1 Å². The standard InChI is InChI=1S/C15H13IO3/c1-18-15(17)10-19-14-9-12(16)7-8-13(14)11-5-3-2-4-6-11/h2-9H,10H2,1H3. The first-order chi connectivity index (χ1) is 9.20. The number of hydrogen-bond donors (Lipinski definition) is 0. The van der Waals surface area contributed by atoms with Crippen molar-refractivity contribution >= 4 is 28.6 Å². The fraction of sp³-hybridized carbons (Fsp3) is 0.133. The molecule has 2 aromatic rings. The van der Waals surface area contributed by atoms with Crippen LogP contribution in [0.4, 0.5) is 0 Å². The molecule has 0 saturated carbocycles. The highest BCUT2D eigenvalue weighted by atomic mass is 127. The summed E-state index contributed by atoms with van der Waals surface area (Å²) in [5.41, 5.74) is 2.02. The third kappa shape index (κ3) is 3.70. The van der Waals surface area contributed by atoms with Gasteiger partial charge in [0.1, 0.15) is 5.75 Å². The first kappa shape index (κ1) is 13.9. The number of benzene rings is 2. The normalized spacial score (nSPS) is 10.0. The van der Waals surface area contributed by atoms with E-state index in [4.69, 9.17) is 4.74 Å². The minimum atomic E-state index is -0.391. The maximum absolute atomic E-state index is 11.2. The molecular formula is C15H13IO3. The molecule has 0 spiro atoms. The van der Waals surface area contributed by atoms with Gasteiger partial charge in [-0.05, 0) is 46.4 Å². The lowest BCUT2D eigenvalue weighted by Crippen LogP contribution is -2.13. The highest BCUT2D eigenvalue weighted by Crippen LogP contribution is 2.31. The molecule has 0 atom stereocenters. The number of ether oxygens (including phenoxy) is 2. The third-order valence-corrected chi connectivity index (χ3v) is 3.27. The summed E-state index contributed by atoms with van der Waals surface area (Å²) in [6.45, 7) is -0.0869. The van der Waals surface area contributed by atoms with E-state index in [1.54, 1.807) is 0 Å². The maximum atomic E-state index is 11.2. The second-order valence-corrected chi connectivity index (χ2v) is 5.12. The molecule has 0 aliphatic rings. The highest BCUT2D eigenvalue weighted by Gasteiger charge is 2.09. The Labute approximate surface area is 125 Å². The van der Waals surface area contributed by atoms with Crippen molar-refractivity contribution in [2.75, 3.05) is 13.7 Å². The monoisotopic (exact) mass is 368 g/mol. The minimum Gasteiger partial charge on any atom is -0.481 e. The quantitative estimate of drug-likeness (QED) is 0.612. The van der Waals surface area contributed by atoms with Crippen LogP contribution in [0.5, 0.6) is 5.75 Å². The molecule has 0 amide bonds. The summed E-state index contributed by atoms with van der Waals surface area (Å²) in [5.74, 6) is 0.293. The lowest BCUT2D eigenvalue weighted by atomic mass is 10.1. The van der Waals surface area contributed by atoms with E-state index in [1.807, 2.05) is 48.5 Å². The van der Waals surface area contributed by atoms with Crippen LogP contribution in [0.3, 0.4) is 0 Å². The van der Waals surface area contributed by atoms with Crippen LogP contribution in [0.1, 0.15) is 0 Å². The lowest BCUT2D eigenvalue weighted by molar-refractivity contribution is -0.142. The Kier molecular flexibility index (Phi) is 4.79. The highest BCUT2D eigenvalue weighted by molar-refractivity contribution is 14.1. The number of esters is 1. The Hall–Kier alpha value is -1.56. The van der Waals surface area contributed by atoms with Crippen LogP contribution in [0.2, 0.25) is 0 Å². The van der Waals surface area contributed by atoms with Gasteiger partial charge >= 0.3 is 5.97 Å². The molecule has 0 heterocycles. The molecule has 0 N–H and O–H groups in total. The van der Waals surface area contributed by atoms with E-state index >= 15 is 0 Å². The van der Waals surface area contributed by atoms with Gasteiger partial charge in [0.05, 0.1) is 7.11 Å². The average Bonchev–Trinajstić information content (AvgIpc) is 2.45. The van der Waals surface area contributed by atoms with Crippen molar-refractivity contribution < 1.29 is 14.3 Å².